The van der Waals surface area contributed by atoms with E-state index in [1.165, 1.54) is 10.4 Å². The summed E-state index contributed by atoms with van der Waals surface area (Å²) in [7, 11) is 0. The van der Waals surface area contributed by atoms with E-state index in [-0.39, 0.29) is 11.0 Å². The zero-order valence-electron chi connectivity index (χ0n) is 16.0. The van der Waals surface area contributed by atoms with Gasteiger partial charge in [0.25, 0.3) is 5.56 Å². The van der Waals surface area contributed by atoms with Crippen LogP contribution in [0.3, 0.4) is 0 Å². The average Bonchev–Trinajstić information content (AvgIpc) is 3.02. The number of nitriles is 1. The topological polar surface area (TPSA) is 58.7 Å². The quantitative estimate of drug-likeness (QED) is 0.659. The number of thiophene rings is 1. The van der Waals surface area contributed by atoms with Gasteiger partial charge in [-0.2, -0.15) is 5.26 Å². The number of hydrogen-bond acceptors (Lipinski definition) is 4. The van der Waals surface area contributed by atoms with E-state index in [9.17, 15) is 10.1 Å². The summed E-state index contributed by atoms with van der Waals surface area (Å²) in [4.78, 5) is 20.0. The smallest absolute Gasteiger partial charge is 0.262 e. The number of rotatable bonds is 2. The van der Waals surface area contributed by atoms with Crippen LogP contribution in [0.2, 0.25) is 0 Å². The van der Waals surface area contributed by atoms with Gasteiger partial charge in [-0.3, -0.25) is 9.36 Å². The summed E-state index contributed by atoms with van der Waals surface area (Å²) < 4.78 is 1.64. The lowest BCUT2D eigenvalue weighted by Crippen LogP contribution is -2.27. The van der Waals surface area contributed by atoms with Crippen LogP contribution in [0.15, 0.2) is 35.4 Å². The Hall–Kier alpha value is -2.45. The van der Waals surface area contributed by atoms with Crippen LogP contribution in [0.25, 0.3) is 10.2 Å². The molecule has 5 heteroatoms. The van der Waals surface area contributed by atoms with Gasteiger partial charge in [-0.15, -0.1) is 11.3 Å². The van der Waals surface area contributed by atoms with E-state index in [0.29, 0.717) is 18.0 Å². The summed E-state index contributed by atoms with van der Waals surface area (Å²) in [6.45, 7) is 7.27. The zero-order chi connectivity index (χ0) is 19.2. The molecule has 4 rings (SSSR count). The van der Waals surface area contributed by atoms with E-state index in [1.807, 2.05) is 18.2 Å². The molecule has 1 aliphatic carbocycles. The van der Waals surface area contributed by atoms with E-state index in [1.54, 1.807) is 28.3 Å². The molecule has 0 amide bonds. The van der Waals surface area contributed by atoms with Crippen molar-refractivity contribution in [2.24, 2.45) is 11.3 Å². The molecular weight excluding hydrogens is 354 g/mol. The first-order valence-electron chi connectivity index (χ1n) is 9.36. The molecule has 1 aliphatic rings. The highest BCUT2D eigenvalue weighted by Gasteiger charge is 2.31. The minimum atomic E-state index is 0.0134. The average molecular weight is 378 g/mol. The number of aryl methyl sites for hydroxylation is 1. The first-order valence-corrected chi connectivity index (χ1v) is 10.2. The lowest BCUT2D eigenvalue weighted by Gasteiger charge is -2.33. The van der Waals surface area contributed by atoms with E-state index < -0.39 is 0 Å². The SMILES string of the molecule is CC(C)(C)[C@@H]1CCc2c(sc3ncn(Cc4ccccc4C#N)c(=O)c23)C1. The Morgan fingerprint density at radius 1 is 1.33 bits per heavy atom. The van der Waals surface area contributed by atoms with Crippen LogP contribution in [-0.2, 0) is 19.4 Å². The van der Waals surface area contributed by atoms with Crippen molar-refractivity contribution in [1.29, 1.82) is 5.26 Å². The number of benzene rings is 1. The van der Waals surface area contributed by atoms with Crippen molar-refractivity contribution in [1.82, 2.24) is 9.55 Å². The van der Waals surface area contributed by atoms with Gasteiger partial charge in [-0.05, 0) is 47.8 Å². The fourth-order valence-electron chi connectivity index (χ4n) is 4.00. The van der Waals surface area contributed by atoms with Crippen LogP contribution in [0, 0.1) is 22.7 Å². The van der Waals surface area contributed by atoms with Gasteiger partial charge in [0.1, 0.15) is 4.83 Å². The lowest BCUT2D eigenvalue weighted by atomic mass is 9.72. The van der Waals surface area contributed by atoms with Crippen LogP contribution in [0.1, 0.15) is 48.8 Å². The first-order chi connectivity index (χ1) is 12.9. The molecule has 0 fully saturated rings. The van der Waals surface area contributed by atoms with Crippen molar-refractivity contribution >= 4 is 21.6 Å². The maximum atomic E-state index is 13.2. The molecule has 27 heavy (non-hydrogen) atoms. The highest BCUT2D eigenvalue weighted by atomic mass is 32.1. The van der Waals surface area contributed by atoms with E-state index in [4.69, 9.17) is 0 Å². The molecule has 0 radical (unpaired) electrons. The molecule has 0 aliphatic heterocycles. The fourth-order valence-corrected chi connectivity index (χ4v) is 5.26. The molecular formula is C22H23N3OS. The molecule has 4 nitrogen and oxygen atoms in total. The third-order valence-corrected chi connectivity index (χ3v) is 6.90. The summed E-state index contributed by atoms with van der Waals surface area (Å²) in [6.07, 6.45) is 4.74. The van der Waals surface area contributed by atoms with Crippen molar-refractivity contribution in [3.8, 4) is 6.07 Å². The van der Waals surface area contributed by atoms with Gasteiger partial charge in [0.2, 0.25) is 0 Å². The van der Waals surface area contributed by atoms with Gasteiger partial charge >= 0.3 is 0 Å². The van der Waals surface area contributed by atoms with Crippen LogP contribution >= 0.6 is 11.3 Å². The lowest BCUT2D eigenvalue weighted by molar-refractivity contribution is 0.218. The number of aromatic nitrogens is 2. The highest BCUT2D eigenvalue weighted by Crippen LogP contribution is 2.41. The van der Waals surface area contributed by atoms with Crippen molar-refractivity contribution in [2.75, 3.05) is 0 Å². The fraction of sp³-hybridized carbons (Fsp3) is 0.409. The Kier molecular flexibility index (Phi) is 4.39. The Morgan fingerprint density at radius 3 is 2.85 bits per heavy atom. The predicted octanol–water partition coefficient (Wildman–Crippen LogP) is 4.53. The first kappa shape index (κ1) is 17.9. The third kappa shape index (κ3) is 3.19. The Labute approximate surface area is 163 Å². The van der Waals surface area contributed by atoms with Gasteiger partial charge < -0.3 is 0 Å². The van der Waals surface area contributed by atoms with Gasteiger partial charge in [-0.1, -0.05) is 39.0 Å². The molecule has 0 bridgehead atoms. The van der Waals surface area contributed by atoms with Crippen LogP contribution in [0.4, 0.5) is 0 Å². The minimum absolute atomic E-state index is 0.0134. The Bertz CT molecular complexity index is 1110. The molecule has 1 atom stereocenters. The van der Waals surface area contributed by atoms with E-state index in [2.05, 4.69) is 31.8 Å². The Balaban J connectivity index is 1.76. The number of fused-ring (bicyclic) bond motifs is 3. The number of hydrogen-bond donors (Lipinski definition) is 0. The maximum Gasteiger partial charge on any atom is 0.262 e. The summed E-state index contributed by atoms with van der Waals surface area (Å²) >= 11 is 1.68. The van der Waals surface area contributed by atoms with E-state index in [0.717, 1.165) is 35.0 Å². The second kappa shape index (κ2) is 6.61. The minimum Gasteiger partial charge on any atom is -0.294 e. The molecule has 3 aromatic rings. The molecule has 0 saturated heterocycles. The standard InChI is InChI=1S/C22H23N3OS/c1-22(2,3)16-8-9-17-18(10-16)27-20-19(17)21(26)25(13-24-20)12-15-7-5-4-6-14(15)11-23/h4-7,13,16H,8-10,12H2,1-3H3/t16-/m1/s1. The molecule has 0 spiro atoms. The number of nitrogens with zero attached hydrogens (tertiary/aromatic N) is 3. The molecule has 2 heterocycles. The van der Waals surface area contributed by atoms with Gasteiger partial charge in [0, 0.05) is 4.88 Å². The largest absolute Gasteiger partial charge is 0.294 e. The Morgan fingerprint density at radius 2 is 2.11 bits per heavy atom. The third-order valence-electron chi connectivity index (χ3n) is 5.74. The maximum absolute atomic E-state index is 13.2. The van der Waals surface area contributed by atoms with Crippen molar-refractivity contribution in [2.45, 2.75) is 46.6 Å². The molecule has 1 aromatic carbocycles. The highest BCUT2D eigenvalue weighted by molar-refractivity contribution is 7.18. The van der Waals surface area contributed by atoms with Crippen LogP contribution in [0.5, 0.6) is 0 Å². The zero-order valence-corrected chi connectivity index (χ0v) is 16.8. The normalized spacial score (nSPS) is 16.9. The summed E-state index contributed by atoms with van der Waals surface area (Å²) in [5, 5.41) is 10.1. The summed E-state index contributed by atoms with van der Waals surface area (Å²) in [5.74, 6) is 0.641. The molecule has 0 unspecified atom stereocenters. The predicted molar refractivity (Wildman–Crippen MR) is 109 cm³/mol. The summed E-state index contributed by atoms with van der Waals surface area (Å²) in [5.41, 5.74) is 2.95. The van der Waals surface area contributed by atoms with Crippen LogP contribution in [-0.4, -0.2) is 9.55 Å². The second-order valence-electron chi connectivity index (χ2n) is 8.44. The van der Waals surface area contributed by atoms with Crippen LogP contribution < -0.4 is 5.56 Å². The molecule has 2 aromatic heterocycles. The van der Waals surface area contributed by atoms with Gasteiger partial charge in [0.05, 0.1) is 29.9 Å². The van der Waals surface area contributed by atoms with Crippen molar-refractivity contribution in [3.63, 3.8) is 0 Å². The second-order valence-corrected chi connectivity index (χ2v) is 9.52. The molecule has 0 N–H and O–H groups in total. The van der Waals surface area contributed by atoms with Crippen molar-refractivity contribution in [3.05, 3.63) is 62.5 Å². The van der Waals surface area contributed by atoms with Crippen molar-refractivity contribution < 1.29 is 0 Å². The monoisotopic (exact) mass is 377 g/mol. The summed E-state index contributed by atoms with van der Waals surface area (Å²) in [6, 6.07) is 9.62. The molecule has 0 saturated carbocycles. The van der Waals surface area contributed by atoms with Gasteiger partial charge in [-0.25, -0.2) is 4.98 Å². The van der Waals surface area contributed by atoms with E-state index >= 15 is 0 Å². The molecule has 138 valence electrons. The van der Waals surface area contributed by atoms with Gasteiger partial charge in [0.15, 0.2) is 0 Å².